The van der Waals surface area contributed by atoms with E-state index in [1.807, 2.05) is 25.1 Å². The minimum atomic E-state index is -1.09. The standard InChI is InChI=1S/C27H27NO5/c1-4-6-14-7-5-8-17(23(14)30)22-15-9-10-16-21(26(33)28-25(16)32)18(15)12-19-20(29)11-13(2)24(31)27(19,22)3/h4-5,7-9,11,16,18-19,21-22,30H,1,6,10,12H2,2-3H3,(H,28,32,33)/t16-,18+,19-,21-,22+,27+/m0/s1. The first-order valence-corrected chi connectivity index (χ1v) is 11.4. The summed E-state index contributed by atoms with van der Waals surface area (Å²) in [7, 11) is 0. The monoisotopic (exact) mass is 445 g/mol. The van der Waals surface area contributed by atoms with E-state index in [9.17, 15) is 24.3 Å². The van der Waals surface area contributed by atoms with E-state index in [2.05, 4.69) is 11.9 Å². The lowest BCUT2D eigenvalue weighted by Gasteiger charge is -2.53. The van der Waals surface area contributed by atoms with Crippen molar-refractivity contribution < 1.29 is 24.3 Å². The minimum Gasteiger partial charge on any atom is -0.507 e. The maximum absolute atomic E-state index is 13.7. The van der Waals surface area contributed by atoms with Crippen molar-refractivity contribution in [3.05, 3.63) is 65.3 Å². The number of benzene rings is 1. The van der Waals surface area contributed by atoms with Crippen molar-refractivity contribution in [2.24, 2.45) is 29.1 Å². The van der Waals surface area contributed by atoms with Crippen LogP contribution in [0.25, 0.3) is 0 Å². The number of para-hydroxylation sites is 1. The molecular weight excluding hydrogens is 418 g/mol. The summed E-state index contributed by atoms with van der Waals surface area (Å²) in [4.78, 5) is 52.1. The number of aromatic hydroxyl groups is 1. The SMILES string of the molecule is C=CCc1cccc([C@H]2C3=CC[C@@H]4C(=O)NC(=O)[C@@H]4[C@@H]3C[C@H]3C(=O)C=C(C)C(=O)[C@@]23C)c1O. The van der Waals surface area contributed by atoms with Gasteiger partial charge in [0.15, 0.2) is 11.6 Å². The molecule has 0 spiro atoms. The maximum atomic E-state index is 13.7. The molecule has 1 saturated carbocycles. The fraction of sp³-hybridized carbons (Fsp3) is 0.407. The maximum Gasteiger partial charge on any atom is 0.231 e. The number of rotatable bonds is 3. The summed E-state index contributed by atoms with van der Waals surface area (Å²) in [6.45, 7) is 7.24. The average Bonchev–Trinajstić information content (AvgIpc) is 3.07. The Morgan fingerprint density at radius 1 is 1.18 bits per heavy atom. The van der Waals surface area contributed by atoms with Crippen LogP contribution in [0.5, 0.6) is 5.75 Å². The van der Waals surface area contributed by atoms with Crippen LogP contribution >= 0.6 is 0 Å². The molecule has 0 unspecified atom stereocenters. The molecule has 0 bridgehead atoms. The van der Waals surface area contributed by atoms with Gasteiger partial charge in [-0.1, -0.05) is 42.8 Å². The number of allylic oxidation sites excluding steroid dienone is 5. The van der Waals surface area contributed by atoms with E-state index in [1.54, 1.807) is 19.1 Å². The number of carbonyl (C=O) groups excluding carboxylic acids is 4. The van der Waals surface area contributed by atoms with Gasteiger partial charge in [0.25, 0.3) is 0 Å². The fourth-order valence-electron chi connectivity index (χ4n) is 6.81. The molecule has 6 atom stereocenters. The van der Waals surface area contributed by atoms with Crippen LogP contribution in [0.15, 0.2) is 54.2 Å². The topological polar surface area (TPSA) is 101 Å². The zero-order chi connectivity index (χ0) is 23.7. The molecule has 2 amide bonds. The smallest absolute Gasteiger partial charge is 0.231 e. The Balaban J connectivity index is 1.75. The highest BCUT2D eigenvalue weighted by Gasteiger charge is 2.62. The average molecular weight is 446 g/mol. The van der Waals surface area contributed by atoms with E-state index >= 15 is 0 Å². The molecule has 3 aliphatic carbocycles. The molecule has 1 aromatic rings. The Bertz CT molecular complexity index is 1190. The second kappa shape index (κ2) is 7.37. The van der Waals surface area contributed by atoms with E-state index in [-0.39, 0.29) is 35.0 Å². The van der Waals surface area contributed by atoms with Crippen LogP contribution in [0.4, 0.5) is 0 Å². The van der Waals surface area contributed by atoms with E-state index in [0.29, 0.717) is 36.0 Å². The van der Waals surface area contributed by atoms with E-state index in [0.717, 1.165) is 5.57 Å². The molecule has 6 heteroatoms. The third kappa shape index (κ3) is 2.86. The van der Waals surface area contributed by atoms with Crippen LogP contribution in [-0.2, 0) is 25.6 Å². The molecule has 4 aliphatic rings. The predicted octanol–water partition coefficient (Wildman–Crippen LogP) is 3.16. The van der Waals surface area contributed by atoms with Gasteiger partial charge in [0, 0.05) is 17.4 Å². The van der Waals surface area contributed by atoms with Gasteiger partial charge < -0.3 is 5.11 Å². The Morgan fingerprint density at radius 3 is 2.67 bits per heavy atom. The number of hydrogen-bond acceptors (Lipinski definition) is 5. The van der Waals surface area contributed by atoms with Gasteiger partial charge in [-0.25, -0.2) is 0 Å². The summed E-state index contributed by atoms with van der Waals surface area (Å²) in [5.74, 6) is -3.31. The van der Waals surface area contributed by atoms with Crippen molar-refractivity contribution in [1.29, 1.82) is 0 Å². The second-order valence-corrected chi connectivity index (χ2v) is 9.94. The molecule has 33 heavy (non-hydrogen) atoms. The number of nitrogens with one attached hydrogen (secondary N) is 1. The summed E-state index contributed by atoms with van der Waals surface area (Å²) in [5, 5.41) is 13.7. The Kier molecular flexibility index (Phi) is 4.82. The Labute approximate surface area is 192 Å². The van der Waals surface area contributed by atoms with Crippen molar-refractivity contribution in [2.75, 3.05) is 0 Å². The number of fused-ring (bicyclic) bond motifs is 4. The Morgan fingerprint density at radius 2 is 1.94 bits per heavy atom. The first kappa shape index (κ1) is 21.6. The fourth-order valence-corrected chi connectivity index (χ4v) is 6.81. The number of amides is 2. The van der Waals surface area contributed by atoms with Gasteiger partial charge in [-0.15, -0.1) is 6.58 Å². The number of hydrogen-bond donors (Lipinski definition) is 2. The number of phenolic OH excluding ortho intramolecular Hbond substituents is 1. The lowest BCUT2D eigenvalue weighted by Crippen LogP contribution is -2.54. The van der Waals surface area contributed by atoms with Gasteiger partial charge >= 0.3 is 0 Å². The molecule has 6 nitrogen and oxygen atoms in total. The molecule has 1 heterocycles. The molecule has 1 aromatic carbocycles. The number of phenols is 1. The number of imide groups is 1. The van der Waals surface area contributed by atoms with Crippen LogP contribution in [0.2, 0.25) is 0 Å². The largest absolute Gasteiger partial charge is 0.507 e. The highest BCUT2D eigenvalue weighted by molar-refractivity contribution is 6.13. The van der Waals surface area contributed by atoms with Crippen LogP contribution in [0.3, 0.4) is 0 Å². The molecule has 0 radical (unpaired) electrons. The van der Waals surface area contributed by atoms with Crippen molar-refractivity contribution >= 4 is 23.4 Å². The lowest BCUT2D eigenvalue weighted by molar-refractivity contribution is -0.141. The number of carbonyl (C=O) groups is 4. The van der Waals surface area contributed by atoms with E-state index in [1.165, 1.54) is 6.08 Å². The molecule has 5 rings (SSSR count). The van der Waals surface area contributed by atoms with Gasteiger partial charge in [0.2, 0.25) is 11.8 Å². The second-order valence-electron chi connectivity index (χ2n) is 9.94. The number of ketones is 2. The molecule has 0 aromatic heterocycles. The van der Waals surface area contributed by atoms with E-state index in [4.69, 9.17) is 0 Å². The van der Waals surface area contributed by atoms with Gasteiger partial charge in [-0.2, -0.15) is 0 Å². The predicted molar refractivity (Wildman–Crippen MR) is 121 cm³/mol. The third-order valence-corrected chi connectivity index (χ3v) is 8.31. The van der Waals surface area contributed by atoms with Gasteiger partial charge in [0.1, 0.15) is 5.75 Å². The van der Waals surface area contributed by atoms with Crippen molar-refractivity contribution in [3.8, 4) is 5.75 Å². The van der Waals surface area contributed by atoms with Crippen LogP contribution in [0, 0.1) is 29.1 Å². The third-order valence-electron chi connectivity index (χ3n) is 8.31. The summed E-state index contributed by atoms with van der Waals surface area (Å²) in [6, 6.07) is 5.45. The molecule has 2 fully saturated rings. The lowest BCUT2D eigenvalue weighted by atomic mass is 9.47. The number of Topliss-reactive ketones (excluding diaryl/α,β-unsaturated/α-hetero) is 1. The zero-order valence-electron chi connectivity index (χ0n) is 18.8. The first-order valence-electron chi connectivity index (χ1n) is 11.4. The van der Waals surface area contributed by atoms with E-state index < -0.39 is 29.1 Å². The molecular formula is C27H27NO5. The summed E-state index contributed by atoms with van der Waals surface area (Å²) >= 11 is 0. The van der Waals surface area contributed by atoms with Crippen LogP contribution in [-0.4, -0.2) is 28.5 Å². The highest BCUT2D eigenvalue weighted by atomic mass is 16.3. The van der Waals surface area contributed by atoms with Gasteiger partial charge in [-0.3, -0.25) is 24.5 Å². The summed E-state index contributed by atoms with van der Waals surface area (Å²) in [5.41, 5.74) is 1.47. The van der Waals surface area contributed by atoms with Gasteiger partial charge in [0.05, 0.1) is 17.3 Å². The first-order chi connectivity index (χ1) is 15.7. The zero-order valence-corrected chi connectivity index (χ0v) is 18.8. The van der Waals surface area contributed by atoms with Crippen LogP contribution < -0.4 is 5.32 Å². The summed E-state index contributed by atoms with van der Waals surface area (Å²) in [6.07, 6.45) is 6.28. The molecule has 1 saturated heterocycles. The normalized spacial score (nSPS) is 35.2. The van der Waals surface area contributed by atoms with Gasteiger partial charge in [-0.05, 0) is 49.3 Å². The van der Waals surface area contributed by atoms with Crippen molar-refractivity contribution in [3.63, 3.8) is 0 Å². The van der Waals surface area contributed by atoms with Crippen LogP contribution in [0.1, 0.15) is 43.7 Å². The highest BCUT2D eigenvalue weighted by Crippen LogP contribution is 2.62. The Hall–Kier alpha value is -3.28. The molecule has 2 N–H and O–H groups in total. The quantitative estimate of drug-likeness (QED) is 0.550. The summed E-state index contributed by atoms with van der Waals surface area (Å²) < 4.78 is 0. The molecule has 170 valence electrons. The molecule has 1 aliphatic heterocycles. The minimum absolute atomic E-state index is 0.0884. The van der Waals surface area contributed by atoms with Crippen molar-refractivity contribution in [2.45, 2.75) is 39.0 Å². The van der Waals surface area contributed by atoms with Crippen molar-refractivity contribution in [1.82, 2.24) is 5.32 Å².